The first-order chi connectivity index (χ1) is 10.6. The molecule has 1 aliphatic carbocycles. The molecule has 0 aliphatic heterocycles. The van der Waals surface area contributed by atoms with Crippen molar-refractivity contribution in [1.82, 2.24) is 15.5 Å². The van der Waals surface area contributed by atoms with Crippen LogP contribution in [0.3, 0.4) is 0 Å². The van der Waals surface area contributed by atoms with Gasteiger partial charge in [0.05, 0.1) is 0 Å². The van der Waals surface area contributed by atoms with Gasteiger partial charge in [-0.05, 0) is 38.0 Å². The molecule has 0 spiro atoms. The van der Waals surface area contributed by atoms with Gasteiger partial charge < -0.3 is 9.84 Å². The smallest absolute Gasteiger partial charge is 0.252 e. The molecule has 1 N–H and O–H groups in total. The van der Waals surface area contributed by atoms with Gasteiger partial charge >= 0.3 is 0 Å². The van der Waals surface area contributed by atoms with Crippen LogP contribution in [0.2, 0.25) is 0 Å². The van der Waals surface area contributed by atoms with Crippen molar-refractivity contribution in [2.45, 2.75) is 44.6 Å². The van der Waals surface area contributed by atoms with Crippen LogP contribution in [0, 0.1) is 12.7 Å². The summed E-state index contributed by atoms with van der Waals surface area (Å²) in [5.41, 5.74) is -0.357. The maximum absolute atomic E-state index is 13.3. The average molecular weight is 303 g/mol. The number of carbonyl (C=O) groups excluding carboxylic acids is 1. The van der Waals surface area contributed by atoms with Gasteiger partial charge in [0.2, 0.25) is 0 Å². The lowest BCUT2D eigenvalue weighted by molar-refractivity contribution is 0.0824. The summed E-state index contributed by atoms with van der Waals surface area (Å²) in [5, 5.41) is 6.84. The Labute approximate surface area is 127 Å². The predicted octanol–water partition coefficient (Wildman–Crippen LogP) is 3.11. The van der Waals surface area contributed by atoms with Gasteiger partial charge in [-0.25, -0.2) is 4.39 Å². The second-order valence-electron chi connectivity index (χ2n) is 5.75. The van der Waals surface area contributed by atoms with Crippen molar-refractivity contribution in [3.05, 3.63) is 47.4 Å². The van der Waals surface area contributed by atoms with Crippen LogP contribution < -0.4 is 5.32 Å². The van der Waals surface area contributed by atoms with E-state index in [1.807, 2.05) is 0 Å². The zero-order chi connectivity index (χ0) is 15.6. The van der Waals surface area contributed by atoms with Gasteiger partial charge in [0.1, 0.15) is 11.4 Å². The second kappa shape index (κ2) is 5.87. The van der Waals surface area contributed by atoms with Crippen LogP contribution in [0.25, 0.3) is 0 Å². The summed E-state index contributed by atoms with van der Waals surface area (Å²) in [5.74, 6) is 0.227. The molecule has 1 aromatic carbocycles. The molecule has 3 rings (SSSR count). The van der Waals surface area contributed by atoms with Gasteiger partial charge in [-0.2, -0.15) is 4.98 Å². The molecule has 116 valence electrons. The number of amides is 1. The summed E-state index contributed by atoms with van der Waals surface area (Å²) >= 11 is 0. The van der Waals surface area contributed by atoms with Crippen molar-refractivity contribution in [2.24, 2.45) is 0 Å². The van der Waals surface area contributed by atoms with E-state index < -0.39 is 11.4 Å². The zero-order valence-electron chi connectivity index (χ0n) is 12.4. The first-order valence-corrected chi connectivity index (χ1v) is 7.48. The monoisotopic (exact) mass is 303 g/mol. The van der Waals surface area contributed by atoms with E-state index >= 15 is 0 Å². The lowest BCUT2D eigenvalue weighted by Gasteiger charge is -2.34. The number of nitrogens with zero attached hydrogens (tertiary/aromatic N) is 2. The van der Waals surface area contributed by atoms with Crippen molar-refractivity contribution in [3.8, 4) is 0 Å². The van der Waals surface area contributed by atoms with E-state index in [1.165, 1.54) is 18.2 Å². The first-order valence-electron chi connectivity index (χ1n) is 7.48. The van der Waals surface area contributed by atoms with E-state index in [0.717, 1.165) is 32.1 Å². The maximum Gasteiger partial charge on any atom is 0.252 e. The van der Waals surface area contributed by atoms with E-state index in [4.69, 9.17) is 4.52 Å². The van der Waals surface area contributed by atoms with Gasteiger partial charge in [0.25, 0.3) is 11.8 Å². The summed E-state index contributed by atoms with van der Waals surface area (Å²) in [6.45, 7) is 1.75. The van der Waals surface area contributed by atoms with Crippen LogP contribution in [0.4, 0.5) is 4.39 Å². The van der Waals surface area contributed by atoms with Crippen LogP contribution in [-0.2, 0) is 5.54 Å². The molecule has 1 aliphatic rings. The molecule has 1 amide bonds. The summed E-state index contributed by atoms with van der Waals surface area (Å²) in [6, 6.07) is 5.65. The van der Waals surface area contributed by atoms with Crippen molar-refractivity contribution in [2.75, 3.05) is 0 Å². The third kappa shape index (κ3) is 2.86. The highest BCUT2D eigenvalue weighted by Crippen LogP contribution is 2.36. The SMILES string of the molecule is Cc1noc(C2(NC(=O)c3cccc(F)c3)CCCCC2)n1. The number of rotatable bonds is 3. The lowest BCUT2D eigenvalue weighted by Crippen LogP contribution is -2.47. The number of benzene rings is 1. The van der Waals surface area contributed by atoms with Gasteiger partial charge in [0.15, 0.2) is 5.82 Å². The van der Waals surface area contributed by atoms with Crippen LogP contribution in [-0.4, -0.2) is 16.0 Å². The van der Waals surface area contributed by atoms with Crippen molar-refractivity contribution >= 4 is 5.91 Å². The summed E-state index contributed by atoms with van der Waals surface area (Å²) in [7, 11) is 0. The summed E-state index contributed by atoms with van der Waals surface area (Å²) in [6.07, 6.45) is 4.56. The number of hydrogen-bond acceptors (Lipinski definition) is 4. The molecule has 1 heterocycles. The van der Waals surface area contributed by atoms with Gasteiger partial charge in [-0.1, -0.05) is 30.5 Å². The minimum Gasteiger partial charge on any atom is -0.338 e. The molecular formula is C16H18FN3O2. The molecule has 0 bridgehead atoms. The van der Waals surface area contributed by atoms with E-state index in [0.29, 0.717) is 17.3 Å². The van der Waals surface area contributed by atoms with Crippen molar-refractivity contribution < 1.29 is 13.7 Å². The van der Waals surface area contributed by atoms with E-state index in [-0.39, 0.29) is 5.91 Å². The highest BCUT2D eigenvalue weighted by atomic mass is 19.1. The fraction of sp³-hybridized carbons (Fsp3) is 0.438. The molecule has 1 fully saturated rings. The largest absolute Gasteiger partial charge is 0.338 e. The van der Waals surface area contributed by atoms with Crippen LogP contribution in [0.5, 0.6) is 0 Å². The van der Waals surface area contributed by atoms with Crippen molar-refractivity contribution in [3.63, 3.8) is 0 Å². The second-order valence-corrected chi connectivity index (χ2v) is 5.75. The Morgan fingerprint density at radius 2 is 2.09 bits per heavy atom. The topological polar surface area (TPSA) is 68.0 Å². The number of hydrogen-bond donors (Lipinski definition) is 1. The minimum absolute atomic E-state index is 0.293. The minimum atomic E-state index is -0.650. The fourth-order valence-corrected chi connectivity index (χ4v) is 2.96. The van der Waals surface area contributed by atoms with E-state index in [2.05, 4.69) is 15.5 Å². The molecule has 1 aromatic heterocycles. The number of nitrogens with one attached hydrogen (secondary N) is 1. The fourth-order valence-electron chi connectivity index (χ4n) is 2.96. The number of aryl methyl sites for hydroxylation is 1. The number of halogens is 1. The Kier molecular flexibility index (Phi) is 3.92. The Morgan fingerprint density at radius 1 is 1.32 bits per heavy atom. The predicted molar refractivity (Wildman–Crippen MR) is 77.7 cm³/mol. The zero-order valence-corrected chi connectivity index (χ0v) is 12.4. The van der Waals surface area contributed by atoms with Crippen LogP contribution in [0.1, 0.15) is 54.2 Å². The molecule has 0 atom stereocenters. The standard InChI is InChI=1S/C16H18FN3O2/c1-11-18-15(22-20-11)16(8-3-2-4-9-16)19-14(21)12-6-5-7-13(17)10-12/h5-7,10H,2-4,8-9H2,1H3,(H,19,21). The molecule has 22 heavy (non-hydrogen) atoms. The third-order valence-electron chi connectivity index (χ3n) is 4.08. The van der Waals surface area contributed by atoms with Gasteiger partial charge in [-0.3, -0.25) is 4.79 Å². The normalized spacial score (nSPS) is 17.2. The van der Waals surface area contributed by atoms with Gasteiger partial charge in [-0.15, -0.1) is 0 Å². The molecule has 0 unspecified atom stereocenters. The molecule has 5 nitrogen and oxygen atoms in total. The summed E-state index contributed by atoms with van der Waals surface area (Å²) in [4.78, 5) is 16.8. The Bertz CT molecular complexity index is 678. The molecular weight excluding hydrogens is 285 g/mol. The molecule has 0 saturated heterocycles. The molecule has 2 aromatic rings. The lowest BCUT2D eigenvalue weighted by atomic mass is 9.81. The Hall–Kier alpha value is -2.24. The van der Waals surface area contributed by atoms with Crippen LogP contribution in [0.15, 0.2) is 28.8 Å². The Balaban J connectivity index is 1.89. The summed E-state index contributed by atoms with van der Waals surface area (Å²) < 4.78 is 18.6. The molecule has 6 heteroatoms. The van der Waals surface area contributed by atoms with Gasteiger partial charge in [0, 0.05) is 5.56 Å². The highest BCUT2D eigenvalue weighted by molar-refractivity contribution is 5.94. The molecule has 0 radical (unpaired) electrons. The highest BCUT2D eigenvalue weighted by Gasteiger charge is 2.40. The van der Waals surface area contributed by atoms with E-state index in [1.54, 1.807) is 13.0 Å². The van der Waals surface area contributed by atoms with E-state index in [9.17, 15) is 9.18 Å². The van der Waals surface area contributed by atoms with Crippen LogP contribution >= 0.6 is 0 Å². The quantitative estimate of drug-likeness (QED) is 0.946. The third-order valence-corrected chi connectivity index (χ3v) is 4.08. The maximum atomic E-state index is 13.3. The first kappa shape index (κ1) is 14.7. The number of carbonyl (C=O) groups is 1. The molecule has 1 saturated carbocycles. The Morgan fingerprint density at radius 3 is 2.73 bits per heavy atom. The van der Waals surface area contributed by atoms with Crippen molar-refractivity contribution in [1.29, 1.82) is 0 Å². The number of aromatic nitrogens is 2. The average Bonchev–Trinajstić information content (AvgIpc) is 2.95.